The molecule has 1 aliphatic carbocycles. The maximum atomic E-state index is 5.51. The minimum atomic E-state index is 0.0171. The number of ether oxygens (including phenoxy) is 1. The Morgan fingerprint density at radius 2 is 2.00 bits per heavy atom. The van der Waals surface area contributed by atoms with E-state index < -0.39 is 0 Å². The highest BCUT2D eigenvalue weighted by Gasteiger charge is 2.32. The molecule has 0 saturated heterocycles. The lowest BCUT2D eigenvalue weighted by atomic mass is 9.72. The Labute approximate surface area is 170 Å². The van der Waals surface area contributed by atoms with Crippen LogP contribution in [0.1, 0.15) is 25.0 Å². The SMILES string of the molecule is COc1ccc2c(c1)-c1nc(Nc3ccc(NCCN)nc3)ncc1CC2(C)C. The van der Waals surface area contributed by atoms with E-state index in [1.54, 1.807) is 13.3 Å². The highest BCUT2D eigenvalue weighted by atomic mass is 16.5. The number of aromatic nitrogens is 3. The van der Waals surface area contributed by atoms with Gasteiger partial charge in [-0.25, -0.2) is 15.0 Å². The topological polar surface area (TPSA) is 98.0 Å². The van der Waals surface area contributed by atoms with Gasteiger partial charge in [-0.05, 0) is 47.2 Å². The molecule has 0 spiro atoms. The van der Waals surface area contributed by atoms with Crippen molar-refractivity contribution >= 4 is 17.5 Å². The van der Waals surface area contributed by atoms with Crippen LogP contribution < -0.4 is 21.1 Å². The van der Waals surface area contributed by atoms with Gasteiger partial charge in [0.1, 0.15) is 11.6 Å². The van der Waals surface area contributed by atoms with Crippen LogP contribution in [0.3, 0.4) is 0 Å². The summed E-state index contributed by atoms with van der Waals surface area (Å²) in [7, 11) is 1.68. The van der Waals surface area contributed by atoms with Crippen molar-refractivity contribution in [1.82, 2.24) is 15.0 Å². The van der Waals surface area contributed by atoms with Crippen molar-refractivity contribution in [1.29, 1.82) is 0 Å². The average Bonchev–Trinajstić information content (AvgIpc) is 2.73. The van der Waals surface area contributed by atoms with Gasteiger partial charge in [0, 0.05) is 24.8 Å². The Balaban J connectivity index is 1.64. The third kappa shape index (κ3) is 3.86. The molecule has 0 aliphatic heterocycles. The lowest BCUT2D eigenvalue weighted by Crippen LogP contribution is -2.26. The molecule has 7 nitrogen and oxygen atoms in total. The fourth-order valence-corrected chi connectivity index (χ4v) is 3.74. The molecule has 7 heteroatoms. The minimum Gasteiger partial charge on any atom is -0.497 e. The lowest BCUT2D eigenvalue weighted by molar-refractivity contribution is 0.414. The van der Waals surface area contributed by atoms with Gasteiger partial charge in [-0.2, -0.15) is 0 Å². The van der Waals surface area contributed by atoms with E-state index in [1.165, 1.54) is 5.56 Å². The summed E-state index contributed by atoms with van der Waals surface area (Å²) in [6.07, 6.45) is 4.56. The fourth-order valence-electron chi connectivity index (χ4n) is 3.74. The maximum Gasteiger partial charge on any atom is 0.227 e. The van der Waals surface area contributed by atoms with Crippen LogP contribution >= 0.6 is 0 Å². The summed E-state index contributed by atoms with van der Waals surface area (Å²) in [6.45, 7) is 5.75. The Morgan fingerprint density at radius 3 is 2.72 bits per heavy atom. The van der Waals surface area contributed by atoms with Crippen LogP contribution in [0, 0.1) is 0 Å². The summed E-state index contributed by atoms with van der Waals surface area (Å²) in [5.41, 5.74) is 10.8. The number of pyridine rings is 1. The van der Waals surface area contributed by atoms with Crippen LogP contribution in [-0.4, -0.2) is 35.2 Å². The lowest BCUT2D eigenvalue weighted by Gasteiger charge is -2.33. The number of fused-ring (bicyclic) bond motifs is 3. The van der Waals surface area contributed by atoms with E-state index in [-0.39, 0.29) is 5.41 Å². The number of anilines is 3. The summed E-state index contributed by atoms with van der Waals surface area (Å²) in [5.74, 6) is 2.16. The molecule has 4 rings (SSSR count). The van der Waals surface area contributed by atoms with Crippen LogP contribution in [0.2, 0.25) is 0 Å². The molecule has 0 amide bonds. The number of hydrogen-bond acceptors (Lipinski definition) is 7. The molecular formula is C22H26N6O. The highest BCUT2D eigenvalue weighted by molar-refractivity contribution is 5.74. The summed E-state index contributed by atoms with van der Waals surface area (Å²) >= 11 is 0. The second kappa shape index (κ2) is 7.67. The van der Waals surface area contributed by atoms with Crippen molar-refractivity contribution in [3.63, 3.8) is 0 Å². The van der Waals surface area contributed by atoms with Crippen molar-refractivity contribution < 1.29 is 4.74 Å². The molecule has 150 valence electrons. The number of nitrogens with zero attached hydrogens (tertiary/aromatic N) is 3. The van der Waals surface area contributed by atoms with E-state index >= 15 is 0 Å². The number of nitrogens with two attached hydrogens (primary N) is 1. The highest BCUT2D eigenvalue weighted by Crippen LogP contribution is 2.43. The van der Waals surface area contributed by atoms with Crippen molar-refractivity contribution in [2.75, 3.05) is 30.8 Å². The van der Waals surface area contributed by atoms with E-state index in [4.69, 9.17) is 15.5 Å². The number of rotatable bonds is 6. The van der Waals surface area contributed by atoms with Crippen molar-refractivity contribution in [3.05, 3.63) is 53.9 Å². The molecule has 0 fully saturated rings. The molecule has 0 bridgehead atoms. The van der Waals surface area contributed by atoms with Crippen LogP contribution in [0.4, 0.5) is 17.5 Å². The number of benzene rings is 1. The Bertz CT molecular complexity index is 1020. The summed E-state index contributed by atoms with van der Waals surface area (Å²) < 4.78 is 5.45. The third-order valence-corrected chi connectivity index (χ3v) is 5.18. The molecule has 3 aromatic rings. The van der Waals surface area contributed by atoms with Gasteiger partial charge < -0.3 is 21.1 Å². The summed E-state index contributed by atoms with van der Waals surface area (Å²) in [6, 6.07) is 10.1. The summed E-state index contributed by atoms with van der Waals surface area (Å²) in [5, 5.41) is 6.40. The normalized spacial score (nSPS) is 13.9. The second-order valence-corrected chi connectivity index (χ2v) is 7.81. The molecule has 2 aromatic heterocycles. The fraction of sp³-hybridized carbons (Fsp3) is 0.318. The van der Waals surface area contributed by atoms with E-state index in [2.05, 4.69) is 46.6 Å². The van der Waals surface area contributed by atoms with Gasteiger partial charge in [-0.1, -0.05) is 19.9 Å². The molecule has 0 unspecified atom stereocenters. The monoisotopic (exact) mass is 390 g/mol. The predicted octanol–water partition coefficient (Wildman–Crippen LogP) is 3.50. The average molecular weight is 390 g/mol. The van der Waals surface area contributed by atoms with Crippen LogP contribution in [0.5, 0.6) is 5.75 Å². The van der Waals surface area contributed by atoms with E-state index in [0.29, 0.717) is 19.0 Å². The van der Waals surface area contributed by atoms with Crippen molar-refractivity contribution in [3.8, 4) is 17.0 Å². The zero-order valence-corrected chi connectivity index (χ0v) is 17.0. The molecule has 1 aliphatic rings. The number of hydrogen-bond donors (Lipinski definition) is 3. The molecule has 29 heavy (non-hydrogen) atoms. The van der Waals surface area contributed by atoms with Gasteiger partial charge in [0.25, 0.3) is 0 Å². The van der Waals surface area contributed by atoms with Crippen molar-refractivity contribution in [2.45, 2.75) is 25.7 Å². The minimum absolute atomic E-state index is 0.0171. The van der Waals surface area contributed by atoms with Crippen LogP contribution in [-0.2, 0) is 11.8 Å². The number of nitrogens with one attached hydrogen (secondary N) is 2. The van der Waals surface area contributed by atoms with E-state index in [1.807, 2.05) is 24.4 Å². The number of methoxy groups -OCH3 is 1. The first kappa shape index (κ1) is 19.1. The van der Waals surface area contributed by atoms with E-state index in [9.17, 15) is 0 Å². The van der Waals surface area contributed by atoms with Gasteiger partial charge in [0.05, 0.1) is 24.7 Å². The third-order valence-electron chi connectivity index (χ3n) is 5.18. The first-order valence-corrected chi connectivity index (χ1v) is 9.72. The van der Waals surface area contributed by atoms with Gasteiger partial charge in [-0.3, -0.25) is 0 Å². The van der Waals surface area contributed by atoms with Gasteiger partial charge in [0.2, 0.25) is 5.95 Å². The first-order valence-electron chi connectivity index (χ1n) is 9.72. The quantitative estimate of drug-likeness (QED) is 0.592. The maximum absolute atomic E-state index is 5.51. The smallest absolute Gasteiger partial charge is 0.227 e. The Kier molecular flexibility index (Phi) is 5.07. The summed E-state index contributed by atoms with van der Waals surface area (Å²) in [4.78, 5) is 13.7. The Morgan fingerprint density at radius 1 is 1.14 bits per heavy atom. The van der Waals surface area contributed by atoms with Crippen molar-refractivity contribution in [2.24, 2.45) is 5.73 Å². The molecule has 4 N–H and O–H groups in total. The zero-order valence-electron chi connectivity index (χ0n) is 17.0. The zero-order chi connectivity index (χ0) is 20.4. The Hall–Kier alpha value is -3.19. The van der Waals surface area contributed by atoms with Crippen LogP contribution in [0.25, 0.3) is 11.3 Å². The molecule has 2 heterocycles. The first-order chi connectivity index (χ1) is 14.0. The molecular weight excluding hydrogens is 364 g/mol. The molecule has 0 atom stereocenters. The largest absolute Gasteiger partial charge is 0.497 e. The van der Waals surface area contributed by atoms with Crippen LogP contribution in [0.15, 0.2) is 42.7 Å². The molecule has 0 radical (unpaired) electrons. The van der Waals surface area contributed by atoms with Gasteiger partial charge >= 0.3 is 0 Å². The van der Waals surface area contributed by atoms with E-state index in [0.717, 1.165) is 40.5 Å². The molecule has 0 saturated carbocycles. The van der Waals surface area contributed by atoms with Gasteiger partial charge in [0.15, 0.2) is 0 Å². The second-order valence-electron chi connectivity index (χ2n) is 7.81. The standard InChI is InChI=1S/C22H26N6O/c1-22(2)11-14-12-26-21(27-15-4-7-19(25-13-15)24-9-8-23)28-20(14)17-10-16(29-3)5-6-18(17)22/h4-7,10,12-13H,8-9,11,23H2,1-3H3,(H,24,25)(H,26,27,28). The molecule has 1 aromatic carbocycles. The van der Waals surface area contributed by atoms with Gasteiger partial charge in [-0.15, -0.1) is 0 Å². The predicted molar refractivity (Wildman–Crippen MR) is 116 cm³/mol.